The van der Waals surface area contributed by atoms with Crippen molar-refractivity contribution < 1.29 is 32.3 Å². The second-order valence-electron chi connectivity index (χ2n) is 4.92. The fourth-order valence-electron chi connectivity index (χ4n) is 1.79. The van der Waals surface area contributed by atoms with Crippen molar-refractivity contribution in [2.75, 3.05) is 7.11 Å². The molecule has 1 heterocycles. The molecule has 8 nitrogen and oxygen atoms in total. The lowest BCUT2D eigenvalue weighted by Gasteiger charge is -2.17. The van der Waals surface area contributed by atoms with Crippen LogP contribution in [0.1, 0.15) is 37.1 Å². The van der Waals surface area contributed by atoms with Crippen LogP contribution in [0, 0.1) is 5.92 Å². The molecule has 1 rings (SSSR count). The predicted molar refractivity (Wildman–Crippen MR) is 76.0 cm³/mol. The van der Waals surface area contributed by atoms with Gasteiger partial charge in [-0.2, -0.15) is 4.72 Å². The van der Waals surface area contributed by atoms with Crippen LogP contribution in [-0.4, -0.2) is 38.6 Å². The van der Waals surface area contributed by atoms with E-state index in [4.69, 9.17) is 9.52 Å². The van der Waals surface area contributed by atoms with Gasteiger partial charge < -0.3 is 14.3 Å². The third kappa shape index (κ3) is 3.86. The van der Waals surface area contributed by atoms with E-state index in [1.54, 1.807) is 20.8 Å². The average molecular weight is 333 g/mol. The largest absolute Gasteiger partial charge is 0.480 e. The van der Waals surface area contributed by atoms with Gasteiger partial charge in [-0.1, -0.05) is 20.8 Å². The highest BCUT2D eigenvalue weighted by Gasteiger charge is 2.31. The van der Waals surface area contributed by atoms with Crippen LogP contribution in [0.4, 0.5) is 0 Å². The molecule has 0 bridgehead atoms. The molecule has 0 unspecified atom stereocenters. The topological polar surface area (TPSA) is 123 Å². The number of carbonyl (C=O) groups excluding carboxylic acids is 1. The van der Waals surface area contributed by atoms with Crippen LogP contribution < -0.4 is 4.72 Å². The van der Waals surface area contributed by atoms with Crippen molar-refractivity contribution >= 4 is 22.0 Å². The number of rotatable bonds is 7. The van der Waals surface area contributed by atoms with Gasteiger partial charge in [0.15, 0.2) is 0 Å². The number of nitrogens with one attached hydrogen (secondary N) is 1. The first-order chi connectivity index (χ1) is 10.1. The van der Waals surface area contributed by atoms with E-state index >= 15 is 0 Å². The SMILES string of the molecule is CCc1oc(C(=O)OC)cc1S(=O)(=O)N[C@@H](C(=O)O)C(C)C. The molecule has 22 heavy (non-hydrogen) atoms. The molecule has 0 aliphatic rings. The van der Waals surface area contributed by atoms with Crippen LogP contribution in [0.5, 0.6) is 0 Å². The normalized spacial score (nSPS) is 13.1. The summed E-state index contributed by atoms with van der Waals surface area (Å²) in [5.74, 6) is -2.75. The van der Waals surface area contributed by atoms with E-state index in [2.05, 4.69) is 9.46 Å². The molecule has 9 heteroatoms. The maximum Gasteiger partial charge on any atom is 0.373 e. The smallest absolute Gasteiger partial charge is 0.373 e. The molecular formula is C13H19NO7S. The molecule has 0 radical (unpaired) electrons. The Bertz CT molecular complexity index is 660. The van der Waals surface area contributed by atoms with Crippen LogP contribution in [0.3, 0.4) is 0 Å². The molecule has 1 atom stereocenters. The van der Waals surface area contributed by atoms with E-state index in [9.17, 15) is 18.0 Å². The van der Waals surface area contributed by atoms with Crippen molar-refractivity contribution in [3.63, 3.8) is 0 Å². The Labute approximate surface area is 128 Å². The number of furan rings is 1. The molecule has 0 aliphatic carbocycles. The summed E-state index contributed by atoms with van der Waals surface area (Å²) in [7, 11) is -3.00. The van der Waals surface area contributed by atoms with Gasteiger partial charge in [-0.15, -0.1) is 0 Å². The second-order valence-corrected chi connectivity index (χ2v) is 6.61. The van der Waals surface area contributed by atoms with Crippen molar-refractivity contribution in [2.24, 2.45) is 5.92 Å². The Morgan fingerprint density at radius 3 is 2.41 bits per heavy atom. The molecule has 1 aromatic rings. The minimum Gasteiger partial charge on any atom is -0.480 e. The summed E-state index contributed by atoms with van der Waals surface area (Å²) in [5.41, 5.74) is 0. The second kappa shape index (κ2) is 6.93. The first kappa shape index (κ1) is 18.2. The number of carboxylic acids is 1. The maximum absolute atomic E-state index is 12.4. The lowest BCUT2D eigenvalue weighted by atomic mass is 10.1. The van der Waals surface area contributed by atoms with Gasteiger partial charge in [0.25, 0.3) is 0 Å². The highest BCUT2D eigenvalue weighted by atomic mass is 32.2. The maximum atomic E-state index is 12.4. The Hall–Kier alpha value is -1.87. The minimum absolute atomic E-state index is 0.0563. The van der Waals surface area contributed by atoms with Crippen LogP contribution in [0.2, 0.25) is 0 Å². The molecule has 0 spiro atoms. The predicted octanol–water partition coefficient (Wildman–Crippen LogP) is 1.02. The van der Waals surface area contributed by atoms with Gasteiger partial charge in [0.1, 0.15) is 16.7 Å². The summed E-state index contributed by atoms with van der Waals surface area (Å²) in [6.45, 7) is 4.81. The summed E-state index contributed by atoms with van der Waals surface area (Å²) in [6.07, 6.45) is 0.215. The van der Waals surface area contributed by atoms with Crippen molar-refractivity contribution in [3.05, 3.63) is 17.6 Å². The first-order valence-electron chi connectivity index (χ1n) is 6.60. The summed E-state index contributed by atoms with van der Waals surface area (Å²) in [5, 5.41) is 9.09. The van der Waals surface area contributed by atoms with Gasteiger partial charge in [-0.05, 0) is 5.92 Å². The lowest BCUT2D eigenvalue weighted by molar-refractivity contribution is -0.140. The van der Waals surface area contributed by atoms with Crippen LogP contribution in [0.25, 0.3) is 0 Å². The third-order valence-corrected chi connectivity index (χ3v) is 4.47. The van der Waals surface area contributed by atoms with Crippen molar-refractivity contribution in [1.29, 1.82) is 0 Å². The van der Waals surface area contributed by atoms with Crippen LogP contribution in [-0.2, 0) is 26.0 Å². The Morgan fingerprint density at radius 1 is 1.41 bits per heavy atom. The van der Waals surface area contributed by atoms with Crippen molar-refractivity contribution in [3.8, 4) is 0 Å². The zero-order valence-corrected chi connectivity index (χ0v) is 13.6. The average Bonchev–Trinajstić information content (AvgIpc) is 2.88. The Morgan fingerprint density at radius 2 is 2.00 bits per heavy atom. The number of esters is 1. The van der Waals surface area contributed by atoms with Gasteiger partial charge in [-0.25, -0.2) is 13.2 Å². The number of hydrogen-bond acceptors (Lipinski definition) is 6. The lowest BCUT2D eigenvalue weighted by Crippen LogP contribution is -2.44. The van der Waals surface area contributed by atoms with Crippen molar-refractivity contribution in [2.45, 2.75) is 38.1 Å². The molecule has 2 N–H and O–H groups in total. The van der Waals surface area contributed by atoms with Crippen molar-refractivity contribution in [1.82, 2.24) is 4.72 Å². The van der Waals surface area contributed by atoms with E-state index < -0.39 is 33.9 Å². The molecule has 0 saturated heterocycles. The van der Waals surface area contributed by atoms with Gasteiger partial charge in [0.05, 0.1) is 7.11 Å². The zero-order valence-electron chi connectivity index (χ0n) is 12.7. The quantitative estimate of drug-likeness (QED) is 0.714. The number of aliphatic carboxylic acids is 1. The number of ether oxygens (including phenoxy) is 1. The monoisotopic (exact) mass is 333 g/mol. The molecule has 0 amide bonds. The molecule has 124 valence electrons. The van der Waals surface area contributed by atoms with Crippen LogP contribution in [0.15, 0.2) is 15.4 Å². The molecule has 1 aromatic heterocycles. The minimum atomic E-state index is -4.15. The fourth-order valence-corrected chi connectivity index (χ4v) is 3.37. The molecule has 0 fully saturated rings. The van der Waals surface area contributed by atoms with Crippen LogP contribution >= 0.6 is 0 Å². The van der Waals surface area contributed by atoms with E-state index in [0.717, 1.165) is 13.2 Å². The Kier molecular flexibility index (Phi) is 5.72. The molecule has 0 saturated carbocycles. The zero-order chi connectivity index (χ0) is 17.1. The number of hydrogen-bond donors (Lipinski definition) is 2. The highest BCUT2D eigenvalue weighted by molar-refractivity contribution is 7.89. The standard InChI is InChI=1S/C13H19NO7S/c1-5-8-10(6-9(21-8)13(17)20-4)22(18,19)14-11(7(2)3)12(15)16/h6-7,11,14H,5H2,1-4H3,(H,15,16)/t11-/m1/s1. The highest BCUT2D eigenvalue weighted by Crippen LogP contribution is 2.23. The first-order valence-corrected chi connectivity index (χ1v) is 8.08. The van der Waals surface area contributed by atoms with Gasteiger partial charge in [0, 0.05) is 12.5 Å². The Balaban J connectivity index is 3.25. The van der Waals surface area contributed by atoms with E-state index in [1.165, 1.54) is 0 Å². The number of sulfonamides is 1. The summed E-state index contributed by atoms with van der Waals surface area (Å²) in [6, 6.07) is -0.252. The van der Waals surface area contributed by atoms with Gasteiger partial charge in [0.2, 0.25) is 15.8 Å². The van der Waals surface area contributed by atoms with E-state index in [1.807, 2.05) is 0 Å². The number of carbonyl (C=O) groups is 2. The van der Waals surface area contributed by atoms with E-state index in [0.29, 0.717) is 0 Å². The third-order valence-electron chi connectivity index (χ3n) is 2.98. The van der Waals surface area contributed by atoms with Gasteiger partial charge >= 0.3 is 11.9 Å². The number of methoxy groups -OCH3 is 1. The molecule has 0 aliphatic heterocycles. The summed E-state index contributed by atoms with van der Waals surface area (Å²) in [4.78, 5) is 22.3. The number of aryl methyl sites for hydroxylation is 1. The molecule has 0 aromatic carbocycles. The summed E-state index contributed by atoms with van der Waals surface area (Å²) < 4.78 is 36.5. The molecular weight excluding hydrogens is 314 g/mol. The fraction of sp³-hybridized carbons (Fsp3) is 0.538. The number of carboxylic acid groups (broad SMARTS) is 1. The summed E-state index contributed by atoms with van der Waals surface area (Å²) >= 11 is 0. The van der Waals surface area contributed by atoms with E-state index in [-0.39, 0.29) is 22.8 Å². The van der Waals surface area contributed by atoms with Gasteiger partial charge in [-0.3, -0.25) is 4.79 Å².